The molecule has 2 heterocycles. The Balaban J connectivity index is 2.09. The minimum absolute atomic E-state index is 0.462. The van der Waals surface area contributed by atoms with Crippen LogP contribution in [-0.4, -0.2) is 35.6 Å². The van der Waals surface area contributed by atoms with Crippen molar-refractivity contribution >= 4 is 29.2 Å². The molecule has 1 aromatic rings. The van der Waals surface area contributed by atoms with Crippen LogP contribution >= 0.6 is 23.4 Å². The van der Waals surface area contributed by atoms with Gasteiger partial charge >= 0.3 is 0 Å². The van der Waals surface area contributed by atoms with Gasteiger partial charge in [0.05, 0.1) is 5.02 Å². The van der Waals surface area contributed by atoms with Gasteiger partial charge in [0.2, 0.25) is 0 Å². The van der Waals surface area contributed by atoms with Crippen LogP contribution in [0.3, 0.4) is 0 Å². The fourth-order valence-electron chi connectivity index (χ4n) is 1.88. The van der Waals surface area contributed by atoms with E-state index in [1.807, 2.05) is 11.8 Å². The summed E-state index contributed by atoms with van der Waals surface area (Å²) in [5, 5.41) is 4.15. The lowest BCUT2D eigenvalue weighted by atomic mass is 10.2. The average Bonchev–Trinajstić information content (AvgIpc) is 2.38. The minimum atomic E-state index is 0.462. The van der Waals surface area contributed by atoms with Gasteiger partial charge in [0.15, 0.2) is 0 Å². The van der Waals surface area contributed by atoms with Crippen LogP contribution in [0.1, 0.15) is 19.4 Å². The summed E-state index contributed by atoms with van der Waals surface area (Å²) in [6.45, 7) is 7.23. The highest BCUT2D eigenvalue weighted by atomic mass is 35.5. The van der Waals surface area contributed by atoms with E-state index in [9.17, 15) is 0 Å². The second-order valence-corrected chi connectivity index (χ2v) is 6.40. The molecule has 1 saturated heterocycles. The highest BCUT2D eigenvalue weighted by molar-refractivity contribution is 7.99. The van der Waals surface area contributed by atoms with Crippen molar-refractivity contribution in [2.45, 2.75) is 26.4 Å². The normalized spacial score (nSPS) is 16.3. The molecule has 0 saturated carbocycles. The van der Waals surface area contributed by atoms with Gasteiger partial charge in [-0.05, 0) is 11.6 Å². The van der Waals surface area contributed by atoms with E-state index in [0.717, 1.165) is 36.0 Å². The molecule has 0 amide bonds. The molecular formula is C13H20ClN3S. The second-order valence-electron chi connectivity index (χ2n) is 4.77. The van der Waals surface area contributed by atoms with Gasteiger partial charge in [0, 0.05) is 43.4 Å². The van der Waals surface area contributed by atoms with Gasteiger partial charge in [-0.1, -0.05) is 25.4 Å². The van der Waals surface area contributed by atoms with Crippen LogP contribution in [0, 0.1) is 0 Å². The molecule has 5 heteroatoms. The van der Waals surface area contributed by atoms with E-state index in [1.54, 1.807) is 6.20 Å². The number of pyridine rings is 1. The van der Waals surface area contributed by atoms with Crippen molar-refractivity contribution in [3.63, 3.8) is 0 Å². The standard InChI is InChI=1S/C13H20ClN3S/c1-10(2)15-8-11-7-13(16-9-12(11)14)17-3-5-18-6-4-17/h7,9-10,15H,3-6,8H2,1-2H3. The summed E-state index contributed by atoms with van der Waals surface area (Å²) >= 11 is 8.20. The van der Waals surface area contributed by atoms with Crippen molar-refractivity contribution in [3.8, 4) is 0 Å². The van der Waals surface area contributed by atoms with Crippen molar-refractivity contribution in [2.24, 2.45) is 0 Å². The van der Waals surface area contributed by atoms with E-state index in [1.165, 1.54) is 11.5 Å². The van der Waals surface area contributed by atoms with Gasteiger partial charge in [0.25, 0.3) is 0 Å². The van der Waals surface area contributed by atoms with Crippen LogP contribution in [0.2, 0.25) is 5.02 Å². The van der Waals surface area contributed by atoms with E-state index in [-0.39, 0.29) is 0 Å². The molecule has 0 radical (unpaired) electrons. The van der Waals surface area contributed by atoms with Gasteiger partial charge in [-0.15, -0.1) is 0 Å². The van der Waals surface area contributed by atoms with Crippen LogP contribution in [0.15, 0.2) is 12.3 Å². The van der Waals surface area contributed by atoms with Crippen molar-refractivity contribution in [1.29, 1.82) is 0 Å². The predicted molar refractivity (Wildman–Crippen MR) is 80.8 cm³/mol. The molecule has 0 atom stereocenters. The first-order chi connectivity index (χ1) is 8.66. The first-order valence-electron chi connectivity index (χ1n) is 6.37. The molecular weight excluding hydrogens is 266 g/mol. The van der Waals surface area contributed by atoms with Gasteiger partial charge in [0.1, 0.15) is 5.82 Å². The van der Waals surface area contributed by atoms with Gasteiger partial charge < -0.3 is 10.2 Å². The number of nitrogens with one attached hydrogen (secondary N) is 1. The largest absolute Gasteiger partial charge is 0.355 e. The number of thioether (sulfide) groups is 1. The smallest absolute Gasteiger partial charge is 0.128 e. The summed E-state index contributed by atoms with van der Waals surface area (Å²) in [6.07, 6.45) is 1.77. The second kappa shape index (κ2) is 6.64. The molecule has 0 unspecified atom stereocenters. The molecule has 1 aliphatic rings. The monoisotopic (exact) mass is 285 g/mol. The maximum Gasteiger partial charge on any atom is 0.128 e. The Morgan fingerprint density at radius 3 is 2.83 bits per heavy atom. The highest BCUT2D eigenvalue weighted by Gasteiger charge is 2.13. The maximum atomic E-state index is 6.19. The Morgan fingerprint density at radius 1 is 1.44 bits per heavy atom. The van der Waals surface area contributed by atoms with Crippen molar-refractivity contribution in [3.05, 3.63) is 22.8 Å². The average molecular weight is 286 g/mol. The van der Waals surface area contributed by atoms with Gasteiger partial charge in [-0.2, -0.15) is 11.8 Å². The van der Waals surface area contributed by atoms with E-state index in [2.05, 4.69) is 35.1 Å². The topological polar surface area (TPSA) is 28.2 Å². The summed E-state index contributed by atoms with van der Waals surface area (Å²) in [4.78, 5) is 6.79. The van der Waals surface area contributed by atoms with E-state index < -0.39 is 0 Å². The Bertz CT molecular complexity index is 392. The van der Waals surface area contributed by atoms with Gasteiger partial charge in [-0.3, -0.25) is 0 Å². The van der Waals surface area contributed by atoms with Crippen molar-refractivity contribution < 1.29 is 0 Å². The molecule has 2 rings (SSSR count). The number of anilines is 1. The summed E-state index contributed by atoms with van der Waals surface area (Å²) in [7, 11) is 0. The maximum absolute atomic E-state index is 6.19. The zero-order valence-electron chi connectivity index (χ0n) is 10.9. The molecule has 1 fully saturated rings. The van der Waals surface area contributed by atoms with Crippen molar-refractivity contribution in [1.82, 2.24) is 10.3 Å². The molecule has 0 aliphatic carbocycles. The fourth-order valence-corrected chi connectivity index (χ4v) is 2.96. The fraction of sp³-hybridized carbons (Fsp3) is 0.615. The number of aromatic nitrogens is 1. The molecule has 1 aliphatic heterocycles. The quantitative estimate of drug-likeness (QED) is 0.921. The zero-order chi connectivity index (χ0) is 13.0. The number of hydrogen-bond acceptors (Lipinski definition) is 4. The Kier molecular flexibility index (Phi) is 5.15. The zero-order valence-corrected chi connectivity index (χ0v) is 12.5. The van der Waals surface area contributed by atoms with E-state index in [0.29, 0.717) is 6.04 Å². The Hall–Kier alpha value is -0.450. The van der Waals surface area contributed by atoms with Crippen LogP contribution in [-0.2, 0) is 6.54 Å². The lowest BCUT2D eigenvalue weighted by molar-refractivity contribution is 0.588. The number of halogens is 1. The molecule has 0 spiro atoms. The number of rotatable bonds is 4. The summed E-state index contributed by atoms with van der Waals surface area (Å²) < 4.78 is 0. The summed E-state index contributed by atoms with van der Waals surface area (Å²) in [5.74, 6) is 3.42. The molecule has 100 valence electrons. The first-order valence-corrected chi connectivity index (χ1v) is 7.90. The van der Waals surface area contributed by atoms with Crippen molar-refractivity contribution in [2.75, 3.05) is 29.5 Å². The predicted octanol–water partition coefficient (Wildman–Crippen LogP) is 2.79. The van der Waals surface area contributed by atoms with Crippen LogP contribution in [0.5, 0.6) is 0 Å². The molecule has 1 aromatic heterocycles. The first kappa shape index (κ1) is 14.0. The SMILES string of the molecule is CC(C)NCc1cc(N2CCSCC2)ncc1Cl. The minimum Gasteiger partial charge on any atom is -0.355 e. The molecule has 0 aromatic carbocycles. The molecule has 3 nitrogen and oxygen atoms in total. The third-order valence-electron chi connectivity index (χ3n) is 2.96. The molecule has 1 N–H and O–H groups in total. The summed E-state index contributed by atoms with van der Waals surface area (Å²) in [6, 6.07) is 2.58. The van der Waals surface area contributed by atoms with Crippen LogP contribution < -0.4 is 10.2 Å². The molecule has 0 bridgehead atoms. The summed E-state index contributed by atoms with van der Waals surface area (Å²) in [5.41, 5.74) is 1.13. The van der Waals surface area contributed by atoms with E-state index in [4.69, 9.17) is 11.6 Å². The number of nitrogens with zero attached hydrogens (tertiary/aromatic N) is 2. The highest BCUT2D eigenvalue weighted by Crippen LogP contribution is 2.22. The third kappa shape index (κ3) is 3.77. The Morgan fingerprint density at radius 2 is 2.17 bits per heavy atom. The lowest BCUT2D eigenvalue weighted by Crippen LogP contribution is -2.33. The van der Waals surface area contributed by atoms with Crippen LogP contribution in [0.4, 0.5) is 5.82 Å². The Labute approximate surface area is 118 Å². The van der Waals surface area contributed by atoms with Gasteiger partial charge in [-0.25, -0.2) is 4.98 Å². The van der Waals surface area contributed by atoms with E-state index >= 15 is 0 Å². The molecule has 18 heavy (non-hydrogen) atoms. The lowest BCUT2D eigenvalue weighted by Gasteiger charge is -2.27. The van der Waals surface area contributed by atoms with Crippen LogP contribution in [0.25, 0.3) is 0 Å². The number of hydrogen-bond donors (Lipinski definition) is 1. The third-order valence-corrected chi connectivity index (χ3v) is 4.24.